The van der Waals surface area contributed by atoms with Crippen LogP contribution in [0.1, 0.15) is 178 Å². The average molecular weight is 916 g/mol. The molecule has 8 fully saturated rings. The van der Waals surface area contributed by atoms with Gasteiger partial charge in [-0.3, -0.25) is 9.59 Å². The van der Waals surface area contributed by atoms with Gasteiger partial charge in [-0.2, -0.15) is 0 Å². The molecule has 16 atom stereocenters. The lowest BCUT2D eigenvalue weighted by Crippen LogP contribution is -2.73. The predicted octanol–water partition coefficient (Wildman–Crippen LogP) is 9.81. The number of aromatic hydroxyl groups is 1. The number of allylic oxidation sites excluding steroid dienone is 2. The smallest absolute Gasteiger partial charge is 0.163 e. The quantitative estimate of drug-likeness (QED) is 0.106. The van der Waals surface area contributed by atoms with Crippen molar-refractivity contribution in [1.82, 2.24) is 10.6 Å². The molecule has 0 radical (unpaired) electrons. The second kappa shape index (κ2) is 16.5. The first-order valence-corrected chi connectivity index (χ1v) is 27.0. The van der Waals surface area contributed by atoms with Gasteiger partial charge in [-0.25, -0.2) is 0 Å². The Labute approximate surface area is 400 Å². The van der Waals surface area contributed by atoms with Gasteiger partial charge in [0.25, 0.3) is 0 Å². The second-order valence-corrected chi connectivity index (χ2v) is 24.9. The maximum atomic E-state index is 15.9. The minimum Gasteiger partial charge on any atom is -0.508 e. The first kappa shape index (κ1) is 46.3. The van der Waals surface area contributed by atoms with Gasteiger partial charge < -0.3 is 36.4 Å². The van der Waals surface area contributed by atoms with Gasteiger partial charge in [-0.1, -0.05) is 76.1 Å². The van der Waals surface area contributed by atoms with E-state index in [-0.39, 0.29) is 57.8 Å². The number of nitrogen functional groups attached to an aromatic ring is 1. The zero-order valence-corrected chi connectivity index (χ0v) is 41.3. The van der Waals surface area contributed by atoms with E-state index in [0.29, 0.717) is 55.3 Å². The molecule has 7 N–H and O–H groups in total. The highest BCUT2D eigenvalue weighted by Gasteiger charge is 2.77. The van der Waals surface area contributed by atoms with Crippen molar-refractivity contribution in [2.24, 2.45) is 51.2 Å². The van der Waals surface area contributed by atoms with Crippen molar-refractivity contribution >= 4 is 17.3 Å². The van der Waals surface area contributed by atoms with Crippen LogP contribution >= 0.6 is 0 Å². The van der Waals surface area contributed by atoms with E-state index in [0.717, 1.165) is 132 Å². The Bertz CT molecular complexity index is 2330. The number of rotatable bonds is 9. The number of ether oxygens (including phenoxy) is 1. The summed E-state index contributed by atoms with van der Waals surface area (Å²) < 4.78 is 6.60. The lowest BCUT2D eigenvalue weighted by Gasteiger charge is -2.74. The van der Waals surface area contributed by atoms with Gasteiger partial charge in [-0.05, 0) is 191 Å². The van der Waals surface area contributed by atoms with E-state index >= 15 is 9.59 Å². The third-order valence-electron chi connectivity index (χ3n) is 21.6. The molecule has 2 aliphatic heterocycles. The molecule has 0 unspecified atom stereocenters. The molecule has 0 aromatic heterocycles. The molecule has 11 rings (SSSR count). The minimum absolute atomic E-state index is 0.0395. The average Bonchev–Trinajstić information content (AvgIpc) is 3.67. The number of anilines is 1. The van der Waals surface area contributed by atoms with E-state index in [2.05, 4.69) is 55.7 Å². The van der Waals surface area contributed by atoms with Crippen LogP contribution in [-0.2, 0) is 20.9 Å². The van der Waals surface area contributed by atoms with E-state index in [1.54, 1.807) is 0 Å². The lowest BCUT2D eigenvalue weighted by atomic mass is 9.30. The monoisotopic (exact) mass is 916 g/mol. The first-order valence-electron chi connectivity index (χ1n) is 27.0. The number of carbonyl (C=O) groups is 2. The van der Waals surface area contributed by atoms with Crippen LogP contribution in [0.4, 0.5) is 5.69 Å². The van der Waals surface area contributed by atoms with Crippen LogP contribution in [0.5, 0.6) is 5.75 Å². The normalized spacial score (nSPS) is 44.5. The summed E-state index contributed by atoms with van der Waals surface area (Å²) in [6, 6.07) is 14.3. The topological polar surface area (TPSA) is 157 Å². The highest BCUT2D eigenvalue weighted by atomic mass is 16.6. The van der Waals surface area contributed by atoms with Crippen molar-refractivity contribution in [1.29, 1.82) is 0 Å². The summed E-state index contributed by atoms with van der Waals surface area (Å²) >= 11 is 0. The number of phenols is 1. The number of nitrogens with two attached hydrogens (primary N) is 1. The molecular formula is C58H81N3O6. The number of benzene rings is 2. The van der Waals surface area contributed by atoms with Crippen LogP contribution in [0, 0.1) is 51.2 Å². The molecule has 7 aliphatic carbocycles. The number of phenolic OH excluding ortho intramolecular Hbond substituents is 1. The number of epoxide rings is 1. The number of Topliss-reactive ketones (excluding diaryl/α,β-unsaturated/α-hetero) is 2. The largest absolute Gasteiger partial charge is 0.508 e. The summed E-state index contributed by atoms with van der Waals surface area (Å²) in [6.07, 6.45) is 17.0. The van der Waals surface area contributed by atoms with Crippen molar-refractivity contribution in [3.8, 4) is 5.75 Å². The molecule has 0 amide bonds. The van der Waals surface area contributed by atoms with Gasteiger partial charge in [0, 0.05) is 47.5 Å². The number of carbonyl (C=O) groups excluding carboxylic acids is 2. The molecule has 2 aromatic carbocycles. The third-order valence-corrected chi connectivity index (χ3v) is 21.6. The Morgan fingerprint density at radius 3 is 2.45 bits per heavy atom. The Hall–Kier alpha value is -3.08. The molecule has 364 valence electrons. The molecule has 9 aliphatic rings. The standard InChI is InChI=1S/C58H81N3O6/c1-34(25-46(63)52-55(4,67-52)42-16-11-15-40(42)36-13-10-14-38(59)28-36)48-43-18-19-47-57-23-9-8-22-56(51(65)41(30-57)37-26-35(32-60-5)27-39(62)29-37)21-7-6-20-53(2,66)33-61-45(50(56)57)31-58(47)24-12-17-44(49(48)64)54(43,58)3/h10,13-14,26-29,34,40-42,44-47,50,52,60-63,66H,6-9,11-12,15-25,30-33,59H2,1-5H3/t34-,40+,41+,42-,44+,45+,46-,47-,50+,52-,53-,54-,55-,56+,57+,58+/m1/s1. The second-order valence-electron chi connectivity index (χ2n) is 24.9. The summed E-state index contributed by atoms with van der Waals surface area (Å²) in [5.41, 5.74) is 10.3. The van der Waals surface area contributed by atoms with Crippen molar-refractivity contribution in [3.05, 3.63) is 70.3 Å². The maximum Gasteiger partial charge on any atom is 0.163 e. The van der Waals surface area contributed by atoms with Crippen LogP contribution in [0.25, 0.3) is 0 Å². The third kappa shape index (κ3) is 6.90. The summed E-state index contributed by atoms with van der Waals surface area (Å²) in [7, 11) is 1.93. The molecule has 1 spiro atoms. The molecule has 6 saturated carbocycles. The number of β-amino-alcohol motifs (C(OH)–C–C–N with tert-alkyl or cyclic N) is 1. The fraction of sp³-hybridized carbons (Fsp3) is 0.724. The van der Waals surface area contributed by atoms with E-state index in [1.807, 2.05) is 32.2 Å². The minimum atomic E-state index is -0.844. The number of ketones is 2. The number of hydrogen-bond donors (Lipinski definition) is 6. The molecule has 2 heterocycles. The Morgan fingerprint density at radius 2 is 1.67 bits per heavy atom. The Balaban J connectivity index is 0.970. The van der Waals surface area contributed by atoms with E-state index in [1.165, 1.54) is 11.1 Å². The molecule has 2 aromatic rings. The Kier molecular flexibility index (Phi) is 11.4. The van der Waals surface area contributed by atoms with Crippen LogP contribution < -0.4 is 16.4 Å². The van der Waals surface area contributed by atoms with Crippen LogP contribution in [0.3, 0.4) is 0 Å². The van der Waals surface area contributed by atoms with Gasteiger partial charge >= 0.3 is 0 Å². The van der Waals surface area contributed by atoms with E-state index < -0.39 is 22.7 Å². The molecule has 2 bridgehead atoms. The molecule has 9 nitrogen and oxygen atoms in total. The molecule has 67 heavy (non-hydrogen) atoms. The number of hydrogen-bond acceptors (Lipinski definition) is 9. The summed E-state index contributed by atoms with van der Waals surface area (Å²) in [4.78, 5) is 31.4. The number of aliphatic hydroxyl groups is 2. The highest BCUT2D eigenvalue weighted by Crippen LogP contribution is 2.80. The SMILES string of the molecule is CNCc1cc(O)cc([C@@H]2C[C@@]34CCCC[C@]5(CCCC[C@@](C)(O)CN[C@@H](C[C@@]67CCC[C@H]8C(=O)C([C@H](C)C[C@@H](O)[C@H]9O[C@]9(C)[C@@H]9CCC[C@H]9c9cccc(N)c9)=C(CC[C@H]36)[C@]87C)[C@@H]54)C2=O)c1. The summed E-state index contributed by atoms with van der Waals surface area (Å²) in [6.45, 7) is 10.0. The highest BCUT2D eigenvalue weighted by molar-refractivity contribution is 6.03. The van der Waals surface area contributed by atoms with Crippen LogP contribution in [0.2, 0.25) is 0 Å². The first-order chi connectivity index (χ1) is 32.0. The fourth-order valence-corrected chi connectivity index (χ4v) is 19.2. The van der Waals surface area contributed by atoms with Crippen molar-refractivity contribution in [2.75, 3.05) is 19.3 Å². The zero-order chi connectivity index (χ0) is 46.9. The summed E-state index contributed by atoms with van der Waals surface area (Å²) in [5.74, 6) is 1.64. The Morgan fingerprint density at radius 1 is 0.896 bits per heavy atom. The zero-order valence-electron chi connectivity index (χ0n) is 41.3. The van der Waals surface area contributed by atoms with Gasteiger partial charge in [0.05, 0.1) is 17.3 Å². The van der Waals surface area contributed by atoms with Crippen molar-refractivity contribution in [2.45, 2.75) is 198 Å². The molecule has 9 heteroatoms. The van der Waals surface area contributed by atoms with Gasteiger partial charge in [-0.15, -0.1) is 0 Å². The predicted molar refractivity (Wildman–Crippen MR) is 262 cm³/mol. The van der Waals surface area contributed by atoms with Gasteiger partial charge in [0.2, 0.25) is 0 Å². The van der Waals surface area contributed by atoms with Crippen LogP contribution in [-0.4, -0.2) is 69.9 Å². The lowest BCUT2D eigenvalue weighted by molar-refractivity contribution is -0.226. The summed E-state index contributed by atoms with van der Waals surface area (Å²) in [5, 5.41) is 42.7. The van der Waals surface area contributed by atoms with Crippen molar-refractivity contribution < 1.29 is 29.6 Å². The van der Waals surface area contributed by atoms with Crippen LogP contribution in [0.15, 0.2) is 53.6 Å². The molecular weight excluding hydrogens is 835 g/mol. The number of nitrogens with one attached hydrogen (secondary N) is 2. The maximum absolute atomic E-state index is 15.9. The van der Waals surface area contributed by atoms with Gasteiger partial charge in [0.15, 0.2) is 5.78 Å². The van der Waals surface area contributed by atoms with Gasteiger partial charge in [0.1, 0.15) is 17.6 Å². The van der Waals surface area contributed by atoms with E-state index in [4.69, 9.17) is 10.5 Å². The van der Waals surface area contributed by atoms with E-state index in [9.17, 15) is 15.3 Å². The number of aliphatic hydroxyl groups excluding tert-OH is 1. The van der Waals surface area contributed by atoms with Crippen molar-refractivity contribution in [3.63, 3.8) is 0 Å². The fourth-order valence-electron chi connectivity index (χ4n) is 19.2. The molecule has 2 saturated heterocycles.